The van der Waals surface area contributed by atoms with E-state index in [0.717, 1.165) is 23.7 Å². The van der Waals surface area contributed by atoms with E-state index in [4.69, 9.17) is 0 Å². The summed E-state index contributed by atoms with van der Waals surface area (Å²) in [5, 5.41) is 5.38. The first kappa shape index (κ1) is 17.4. The number of benzene rings is 4. The van der Waals surface area contributed by atoms with E-state index in [1.54, 1.807) is 11.1 Å². The lowest BCUT2D eigenvalue weighted by molar-refractivity contribution is -0.0399. The lowest BCUT2D eigenvalue weighted by Crippen LogP contribution is -2.55. The molecule has 4 aromatic carbocycles. The molecule has 4 bridgehead atoms. The molecule has 0 radical (unpaired) electrons. The van der Waals surface area contributed by atoms with Gasteiger partial charge >= 0.3 is 0 Å². The molecule has 10 rings (SSSR count). The maximum Gasteiger partial charge on any atom is 0.0547 e. The molecular weight excluding hydrogens is 398 g/mol. The van der Waals surface area contributed by atoms with E-state index >= 15 is 0 Å². The third kappa shape index (κ3) is 1.91. The molecule has 1 heteroatoms. The third-order valence-electron chi connectivity index (χ3n) is 10.2. The van der Waals surface area contributed by atoms with Crippen LogP contribution in [0.25, 0.3) is 43.7 Å². The maximum atomic E-state index is 3.97. The maximum absolute atomic E-state index is 3.97. The van der Waals surface area contributed by atoms with Gasteiger partial charge in [0.1, 0.15) is 0 Å². The van der Waals surface area contributed by atoms with Crippen LogP contribution in [0.15, 0.2) is 72.8 Å². The fraction of sp³-hybridized carbons (Fsp3) is 0.312. The van der Waals surface area contributed by atoms with Crippen molar-refractivity contribution in [2.75, 3.05) is 0 Å². The summed E-state index contributed by atoms with van der Waals surface area (Å²) in [5.41, 5.74) is 9.19. The summed E-state index contributed by atoms with van der Waals surface area (Å²) in [6, 6.07) is 27.8. The highest BCUT2D eigenvalue weighted by molar-refractivity contribution is 6.20. The molecule has 0 saturated heterocycles. The van der Waals surface area contributed by atoms with Gasteiger partial charge in [0.25, 0.3) is 0 Å². The molecule has 1 nitrogen and oxygen atoms in total. The lowest BCUT2D eigenvalue weighted by atomic mass is 9.43. The van der Waals surface area contributed by atoms with E-state index in [-0.39, 0.29) is 5.41 Å². The van der Waals surface area contributed by atoms with Crippen molar-refractivity contribution < 1.29 is 0 Å². The summed E-state index contributed by atoms with van der Waals surface area (Å²) in [7, 11) is 0. The van der Waals surface area contributed by atoms with Gasteiger partial charge in [0.05, 0.1) is 11.0 Å². The van der Waals surface area contributed by atoms with Crippen molar-refractivity contribution in [3.05, 3.63) is 83.9 Å². The second-order valence-electron chi connectivity index (χ2n) is 11.5. The van der Waals surface area contributed by atoms with Crippen molar-refractivity contribution in [3.8, 4) is 11.1 Å². The highest BCUT2D eigenvalue weighted by Crippen LogP contribution is 2.69. The van der Waals surface area contributed by atoms with E-state index in [0.29, 0.717) is 0 Å². The summed E-state index contributed by atoms with van der Waals surface area (Å²) < 4.78 is 0. The molecule has 1 N–H and O–H groups in total. The Morgan fingerprint density at radius 2 is 1.27 bits per heavy atom. The number of aromatic amines is 1. The standard InChI is InChI=1S/C32H27N/c1-2-6-23-20(5-1)9-10-24-25-11-12-28-29(31(25)33-30(23)24)26-7-3-4-8-27(26)32(28)21-14-18-13-19(16-21)17-22(32)15-18/h1-12,18-19,21-22,33H,13-17H2. The first-order chi connectivity index (χ1) is 16.3. The Hall–Kier alpha value is -3.06. The summed E-state index contributed by atoms with van der Waals surface area (Å²) in [5.74, 6) is 3.60. The minimum Gasteiger partial charge on any atom is -0.353 e. The van der Waals surface area contributed by atoms with Gasteiger partial charge in [-0.05, 0) is 77.9 Å². The summed E-state index contributed by atoms with van der Waals surface area (Å²) in [6.45, 7) is 0. The van der Waals surface area contributed by atoms with Gasteiger partial charge in [-0.15, -0.1) is 0 Å². The highest BCUT2D eigenvalue weighted by atomic mass is 14.7. The molecule has 4 saturated carbocycles. The zero-order chi connectivity index (χ0) is 21.3. The number of hydrogen-bond acceptors (Lipinski definition) is 0. The highest BCUT2D eigenvalue weighted by Gasteiger charge is 2.61. The Bertz CT molecular complexity index is 1610. The number of rotatable bonds is 0. The van der Waals surface area contributed by atoms with Gasteiger partial charge in [-0.1, -0.05) is 72.8 Å². The summed E-state index contributed by atoms with van der Waals surface area (Å²) >= 11 is 0. The molecule has 160 valence electrons. The molecule has 4 fully saturated rings. The van der Waals surface area contributed by atoms with Crippen LogP contribution in [0.2, 0.25) is 0 Å². The van der Waals surface area contributed by atoms with Crippen LogP contribution in [-0.4, -0.2) is 4.98 Å². The molecule has 33 heavy (non-hydrogen) atoms. The predicted molar refractivity (Wildman–Crippen MR) is 137 cm³/mol. The van der Waals surface area contributed by atoms with Gasteiger partial charge in [0, 0.05) is 27.1 Å². The minimum atomic E-state index is 0.243. The van der Waals surface area contributed by atoms with Crippen molar-refractivity contribution in [2.45, 2.75) is 37.5 Å². The molecule has 1 aromatic heterocycles. The molecule has 0 unspecified atom stereocenters. The molecule has 0 amide bonds. The number of aromatic nitrogens is 1. The number of fused-ring (bicyclic) bond motifs is 9. The Labute approximate surface area is 193 Å². The fourth-order valence-electron chi connectivity index (χ4n) is 9.35. The van der Waals surface area contributed by atoms with Gasteiger partial charge in [0.2, 0.25) is 0 Å². The van der Waals surface area contributed by atoms with Gasteiger partial charge in [-0.3, -0.25) is 0 Å². The van der Waals surface area contributed by atoms with Gasteiger partial charge < -0.3 is 4.98 Å². The Balaban J connectivity index is 1.42. The van der Waals surface area contributed by atoms with E-state index in [1.807, 2.05) is 0 Å². The molecule has 1 heterocycles. The average Bonchev–Trinajstić information content (AvgIpc) is 3.36. The SMILES string of the molecule is c1ccc2c(c1)-c1c(ccc3c1[nH]c1c4ccccc4ccc31)C21C2CC3CC(C2)CC1C3. The Morgan fingerprint density at radius 1 is 0.576 bits per heavy atom. The molecule has 5 aliphatic carbocycles. The topological polar surface area (TPSA) is 15.8 Å². The van der Waals surface area contributed by atoms with Crippen LogP contribution < -0.4 is 0 Å². The zero-order valence-corrected chi connectivity index (χ0v) is 18.8. The van der Waals surface area contributed by atoms with Crippen molar-refractivity contribution in [1.29, 1.82) is 0 Å². The van der Waals surface area contributed by atoms with Gasteiger partial charge in [-0.2, -0.15) is 0 Å². The van der Waals surface area contributed by atoms with E-state index < -0.39 is 0 Å². The first-order valence-electron chi connectivity index (χ1n) is 12.9. The summed E-state index contributed by atoms with van der Waals surface area (Å²) in [6.07, 6.45) is 7.27. The Morgan fingerprint density at radius 3 is 2.12 bits per heavy atom. The van der Waals surface area contributed by atoms with E-state index in [1.165, 1.54) is 75.8 Å². The fourth-order valence-corrected chi connectivity index (χ4v) is 9.35. The number of nitrogens with one attached hydrogen (secondary N) is 1. The van der Waals surface area contributed by atoms with Crippen molar-refractivity contribution in [2.24, 2.45) is 23.7 Å². The smallest absolute Gasteiger partial charge is 0.0547 e. The monoisotopic (exact) mass is 425 g/mol. The second-order valence-corrected chi connectivity index (χ2v) is 11.5. The van der Waals surface area contributed by atoms with Crippen LogP contribution in [0.4, 0.5) is 0 Å². The predicted octanol–water partition coefficient (Wildman–Crippen LogP) is 8.20. The Kier molecular flexibility index (Phi) is 3.01. The normalized spacial score (nSPS) is 31.2. The average molecular weight is 426 g/mol. The van der Waals surface area contributed by atoms with Gasteiger partial charge in [0.15, 0.2) is 0 Å². The van der Waals surface area contributed by atoms with Crippen LogP contribution >= 0.6 is 0 Å². The van der Waals surface area contributed by atoms with Crippen LogP contribution in [0.3, 0.4) is 0 Å². The van der Waals surface area contributed by atoms with Gasteiger partial charge in [-0.25, -0.2) is 0 Å². The van der Waals surface area contributed by atoms with Crippen LogP contribution in [0.1, 0.15) is 43.2 Å². The molecule has 0 atom stereocenters. The first-order valence-corrected chi connectivity index (χ1v) is 12.9. The van der Waals surface area contributed by atoms with Crippen molar-refractivity contribution in [1.82, 2.24) is 4.98 Å². The van der Waals surface area contributed by atoms with Crippen LogP contribution in [0.5, 0.6) is 0 Å². The van der Waals surface area contributed by atoms with Crippen molar-refractivity contribution >= 4 is 32.6 Å². The number of H-pyrrole nitrogens is 1. The summed E-state index contributed by atoms with van der Waals surface area (Å²) in [4.78, 5) is 3.97. The van der Waals surface area contributed by atoms with Crippen LogP contribution in [0, 0.1) is 23.7 Å². The van der Waals surface area contributed by atoms with E-state index in [2.05, 4.69) is 77.8 Å². The van der Waals surface area contributed by atoms with Crippen LogP contribution in [-0.2, 0) is 5.41 Å². The molecule has 1 spiro atoms. The minimum absolute atomic E-state index is 0.243. The van der Waals surface area contributed by atoms with E-state index in [9.17, 15) is 0 Å². The lowest BCUT2D eigenvalue weighted by Gasteiger charge is -2.61. The number of hydrogen-bond donors (Lipinski definition) is 1. The second kappa shape index (κ2) is 5.70. The molecule has 0 aliphatic heterocycles. The zero-order valence-electron chi connectivity index (χ0n) is 18.8. The molecule has 5 aromatic rings. The van der Waals surface area contributed by atoms with Crippen molar-refractivity contribution in [3.63, 3.8) is 0 Å². The largest absolute Gasteiger partial charge is 0.353 e. The quantitative estimate of drug-likeness (QED) is 0.257. The third-order valence-corrected chi connectivity index (χ3v) is 10.2. The molecule has 5 aliphatic rings. The molecular formula is C32H27N.